The van der Waals surface area contributed by atoms with E-state index in [0.717, 1.165) is 0 Å². The number of para-hydroxylation sites is 1. The van der Waals surface area contributed by atoms with E-state index in [9.17, 15) is 18.8 Å². The quantitative estimate of drug-likeness (QED) is 0.429. The lowest BCUT2D eigenvalue weighted by molar-refractivity contribution is -0.118. The molecule has 0 saturated carbocycles. The molecule has 0 aromatic heterocycles. The summed E-state index contributed by atoms with van der Waals surface area (Å²) in [6.07, 6.45) is 1.47. The molecule has 0 aliphatic rings. The molecular formula is C24H18F2N2O3. The maximum absolute atomic E-state index is 14.1. The van der Waals surface area contributed by atoms with Crippen LogP contribution in [0.25, 0.3) is 11.6 Å². The number of halogens is 2. The fourth-order valence-electron chi connectivity index (χ4n) is 2.84. The van der Waals surface area contributed by atoms with Gasteiger partial charge in [-0.25, -0.2) is 8.78 Å². The average molecular weight is 420 g/mol. The Morgan fingerprint density at radius 2 is 1.81 bits per heavy atom. The van der Waals surface area contributed by atoms with Crippen molar-refractivity contribution in [2.75, 3.05) is 19.0 Å². The Kier molecular flexibility index (Phi) is 6.97. The van der Waals surface area contributed by atoms with Crippen LogP contribution in [-0.4, -0.2) is 19.6 Å². The van der Waals surface area contributed by atoms with Crippen molar-refractivity contribution in [3.8, 4) is 17.6 Å². The van der Waals surface area contributed by atoms with Gasteiger partial charge in [0.25, 0.3) is 5.91 Å². The van der Waals surface area contributed by atoms with E-state index in [1.807, 2.05) is 6.07 Å². The number of allylic oxidation sites excluding steroid dienone is 1. The molecule has 0 aliphatic heterocycles. The second-order valence-corrected chi connectivity index (χ2v) is 6.37. The summed E-state index contributed by atoms with van der Waals surface area (Å²) in [6, 6.07) is 18.2. The summed E-state index contributed by atoms with van der Waals surface area (Å²) in [7, 11) is 1.44. The van der Waals surface area contributed by atoms with Gasteiger partial charge in [0.2, 0.25) is 0 Å². The van der Waals surface area contributed by atoms with Crippen molar-refractivity contribution in [3.05, 3.63) is 89.5 Å². The number of benzene rings is 3. The summed E-state index contributed by atoms with van der Waals surface area (Å²) in [5.74, 6) is -0.846. The first-order valence-electron chi connectivity index (χ1n) is 9.23. The van der Waals surface area contributed by atoms with E-state index in [2.05, 4.69) is 5.32 Å². The van der Waals surface area contributed by atoms with E-state index in [1.165, 1.54) is 55.7 Å². The monoisotopic (exact) mass is 420 g/mol. The van der Waals surface area contributed by atoms with Crippen molar-refractivity contribution in [2.24, 2.45) is 0 Å². The van der Waals surface area contributed by atoms with Gasteiger partial charge in [0, 0.05) is 16.8 Å². The Labute approximate surface area is 178 Å². The van der Waals surface area contributed by atoms with Gasteiger partial charge in [0.1, 0.15) is 11.6 Å². The van der Waals surface area contributed by atoms with E-state index in [0.29, 0.717) is 17.0 Å². The Morgan fingerprint density at radius 1 is 1.06 bits per heavy atom. The summed E-state index contributed by atoms with van der Waals surface area (Å²) in [5.41, 5.74) is 1.09. The number of ether oxygens (including phenoxy) is 2. The number of rotatable bonds is 7. The number of carbonyl (C=O) groups excluding carboxylic acids is 1. The molecule has 0 aliphatic carbocycles. The largest absolute Gasteiger partial charge is 0.493 e. The number of hydrogen-bond acceptors (Lipinski definition) is 4. The lowest BCUT2D eigenvalue weighted by Crippen LogP contribution is -2.20. The highest BCUT2D eigenvalue weighted by Gasteiger charge is 2.14. The van der Waals surface area contributed by atoms with E-state index >= 15 is 0 Å². The zero-order valence-electron chi connectivity index (χ0n) is 16.6. The summed E-state index contributed by atoms with van der Waals surface area (Å²) >= 11 is 0. The second-order valence-electron chi connectivity index (χ2n) is 6.37. The highest BCUT2D eigenvalue weighted by molar-refractivity contribution is 5.93. The smallest absolute Gasteiger partial charge is 0.262 e. The Morgan fingerprint density at radius 3 is 2.48 bits per heavy atom. The van der Waals surface area contributed by atoms with Crippen LogP contribution < -0.4 is 14.8 Å². The van der Waals surface area contributed by atoms with Crippen LogP contribution in [0.5, 0.6) is 11.5 Å². The van der Waals surface area contributed by atoms with Crippen molar-refractivity contribution in [3.63, 3.8) is 0 Å². The third kappa shape index (κ3) is 5.46. The Balaban J connectivity index is 1.85. The number of nitriles is 1. The van der Waals surface area contributed by atoms with Crippen LogP contribution in [0.3, 0.4) is 0 Å². The van der Waals surface area contributed by atoms with Gasteiger partial charge in [-0.3, -0.25) is 4.79 Å². The van der Waals surface area contributed by atoms with Crippen LogP contribution in [0, 0.1) is 23.0 Å². The van der Waals surface area contributed by atoms with E-state index < -0.39 is 17.5 Å². The second kappa shape index (κ2) is 10.0. The number of anilines is 1. The molecule has 1 amide bonds. The molecule has 0 bridgehead atoms. The predicted molar refractivity (Wildman–Crippen MR) is 113 cm³/mol. The minimum atomic E-state index is -0.528. The molecule has 7 heteroatoms. The normalized spacial score (nSPS) is 10.8. The van der Waals surface area contributed by atoms with Crippen LogP contribution in [0.4, 0.5) is 14.5 Å². The van der Waals surface area contributed by atoms with E-state index in [1.54, 1.807) is 24.3 Å². The van der Waals surface area contributed by atoms with Crippen molar-refractivity contribution < 1.29 is 23.0 Å². The van der Waals surface area contributed by atoms with Crippen molar-refractivity contribution in [1.29, 1.82) is 5.26 Å². The lowest BCUT2D eigenvalue weighted by atomic mass is 10.0. The summed E-state index contributed by atoms with van der Waals surface area (Å²) in [4.78, 5) is 12.2. The maximum Gasteiger partial charge on any atom is 0.262 e. The number of hydrogen-bond donors (Lipinski definition) is 1. The van der Waals surface area contributed by atoms with Gasteiger partial charge in [-0.05, 0) is 42.5 Å². The molecule has 0 heterocycles. The molecule has 0 unspecified atom stereocenters. The molecule has 0 spiro atoms. The minimum absolute atomic E-state index is 0.0898. The molecule has 0 atom stereocenters. The number of nitrogens with zero attached hydrogens (tertiary/aromatic N) is 1. The maximum atomic E-state index is 14.1. The molecule has 156 valence electrons. The number of carbonyl (C=O) groups is 1. The van der Waals surface area contributed by atoms with Crippen molar-refractivity contribution in [2.45, 2.75) is 0 Å². The van der Waals surface area contributed by atoms with Crippen LogP contribution >= 0.6 is 0 Å². The SMILES string of the molecule is COc1cccc(/C=C(/C#N)c2ccccc2F)c1OCC(=O)Nc1ccc(F)cc1. The first-order chi connectivity index (χ1) is 15.0. The highest BCUT2D eigenvalue weighted by Crippen LogP contribution is 2.34. The molecule has 0 radical (unpaired) electrons. The summed E-state index contributed by atoms with van der Waals surface area (Å²) in [5, 5.41) is 12.1. The number of amides is 1. The topological polar surface area (TPSA) is 71.3 Å². The Bertz CT molecular complexity index is 1150. The molecule has 0 fully saturated rings. The Hall–Kier alpha value is -4.18. The minimum Gasteiger partial charge on any atom is -0.493 e. The van der Waals surface area contributed by atoms with Gasteiger partial charge >= 0.3 is 0 Å². The van der Waals surface area contributed by atoms with Crippen molar-refractivity contribution in [1.82, 2.24) is 0 Å². The third-order valence-corrected chi connectivity index (χ3v) is 4.29. The molecule has 3 rings (SSSR count). The fourth-order valence-corrected chi connectivity index (χ4v) is 2.84. The fraction of sp³-hybridized carbons (Fsp3) is 0.0833. The summed E-state index contributed by atoms with van der Waals surface area (Å²) < 4.78 is 38.1. The van der Waals surface area contributed by atoms with Gasteiger partial charge in [0.05, 0.1) is 18.8 Å². The molecule has 3 aromatic rings. The van der Waals surface area contributed by atoms with Gasteiger partial charge < -0.3 is 14.8 Å². The third-order valence-electron chi connectivity index (χ3n) is 4.29. The highest BCUT2D eigenvalue weighted by atomic mass is 19.1. The molecular weight excluding hydrogens is 402 g/mol. The van der Waals surface area contributed by atoms with Gasteiger partial charge in [-0.15, -0.1) is 0 Å². The van der Waals surface area contributed by atoms with Crippen LogP contribution in [0.15, 0.2) is 66.7 Å². The zero-order chi connectivity index (χ0) is 22.2. The zero-order valence-corrected chi connectivity index (χ0v) is 16.6. The van der Waals surface area contributed by atoms with Crippen LogP contribution in [0.2, 0.25) is 0 Å². The predicted octanol–water partition coefficient (Wildman–Crippen LogP) is 5.06. The molecule has 3 aromatic carbocycles. The summed E-state index contributed by atoms with van der Waals surface area (Å²) in [6.45, 7) is -0.361. The average Bonchev–Trinajstić information content (AvgIpc) is 2.78. The molecule has 31 heavy (non-hydrogen) atoms. The standard InChI is InChI=1S/C24H18F2N2O3/c1-30-22-8-4-5-16(13-17(14-27)20-6-2-3-7-21(20)26)24(22)31-15-23(29)28-19-11-9-18(25)10-12-19/h2-13H,15H2,1H3,(H,28,29)/b17-13-. The van der Waals surface area contributed by atoms with Gasteiger partial charge in [-0.1, -0.05) is 30.3 Å². The number of methoxy groups -OCH3 is 1. The van der Waals surface area contributed by atoms with Gasteiger partial charge in [0.15, 0.2) is 18.1 Å². The van der Waals surface area contributed by atoms with E-state index in [4.69, 9.17) is 9.47 Å². The van der Waals surface area contributed by atoms with Crippen LogP contribution in [0.1, 0.15) is 11.1 Å². The van der Waals surface area contributed by atoms with Gasteiger partial charge in [-0.2, -0.15) is 5.26 Å². The molecule has 1 N–H and O–H groups in total. The van der Waals surface area contributed by atoms with Crippen LogP contribution in [-0.2, 0) is 4.79 Å². The number of nitrogens with one attached hydrogen (secondary N) is 1. The first-order valence-corrected chi connectivity index (χ1v) is 9.23. The lowest BCUT2D eigenvalue weighted by Gasteiger charge is -2.14. The first kappa shape index (κ1) is 21.5. The van der Waals surface area contributed by atoms with Crippen molar-refractivity contribution >= 4 is 23.2 Å². The van der Waals surface area contributed by atoms with E-state index in [-0.39, 0.29) is 23.5 Å². The molecule has 0 saturated heterocycles. The molecule has 5 nitrogen and oxygen atoms in total.